The molecule has 0 atom stereocenters. The molecule has 1 heterocycles. The largest absolute Gasteiger partial charge is 0.357 e. The fraction of sp³-hybridized carbons (Fsp3) is 0.227. The Morgan fingerprint density at radius 3 is 2.32 bits per heavy atom. The second kappa shape index (κ2) is 8.99. The maximum atomic E-state index is 11.3. The molecule has 1 amide bonds. The average molecular weight is 375 g/mol. The number of rotatable bonds is 7. The van der Waals surface area contributed by atoms with Gasteiger partial charge in [-0.15, -0.1) is 0 Å². The van der Waals surface area contributed by atoms with Crippen LogP contribution in [0.1, 0.15) is 20.8 Å². The van der Waals surface area contributed by atoms with E-state index in [1.807, 2.05) is 60.7 Å². The summed E-state index contributed by atoms with van der Waals surface area (Å²) in [5.41, 5.74) is 2.54. The lowest BCUT2D eigenvalue weighted by Gasteiger charge is -2.21. The summed E-state index contributed by atoms with van der Waals surface area (Å²) in [4.78, 5) is 23.0. The van der Waals surface area contributed by atoms with Crippen molar-refractivity contribution in [1.82, 2.24) is 9.97 Å². The molecule has 0 bridgehead atoms. The van der Waals surface area contributed by atoms with E-state index in [-0.39, 0.29) is 5.91 Å². The van der Waals surface area contributed by atoms with Gasteiger partial charge in [-0.25, -0.2) is 9.97 Å². The molecular formula is C22H25N5O. The molecule has 0 aliphatic carbocycles. The van der Waals surface area contributed by atoms with Crippen molar-refractivity contribution < 1.29 is 4.79 Å². The van der Waals surface area contributed by atoms with Crippen molar-refractivity contribution >= 4 is 28.9 Å². The number of amides is 1. The maximum Gasteiger partial charge on any atom is 0.221 e. The summed E-state index contributed by atoms with van der Waals surface area (Å²) in [6, 6.07) is 19.4. The molecule has 144 valence electrons. The monoisotopic (exact) mass is 375 g/mol. The van der Waals surface area contributed by atoms with Crippen LogP contribution in [0.3, 0.4) is 0 Å². The van der Waals surface area contributed by atoms with Crippen molar-refractivity contribution in [2.45, 2.75) is 20.8 Å². The molecule has 0 unspecified atom stereocenters. The molecule has 0 saturated carbocycles. The van der Waals surface area contributed by atoms with Crippen LogP contribution in [-0.4, -0.2) is 29.0 Å². The van der Waals surface area contributed by atoms with Crippen molar-refractivity contribution in [2.24, 2.45) is 0 Å². The summed E-state index contributed by atoms with van der Waals surface area (Å²) in [5, 5.41) is 6.14. The normalized spacial score (nSPS) is 10.4. The molecule has 1 aromatic heterocycles. The number of anilines is 4. The Morgan fingerprint density at radius 2 is 1.64 bits per heavy atom. The number of benzene rings is 2. The fourth-order valence-corrected chi connectivity index (χ4v) is 2.95. The van der Waals surface area contributed by atoms with Crippen LogP contribution in [0, 0.1) is 0 Å². The summed E-state index contributed by atoms with van der Waals surface area (Å²) in [6.45, 7) is 7.43. The summed E-state index contributed by atoms with van der Waals surface area (Å²) in [6.07, 6.45) is 0. The Balaban J connectivity index is 1.98. The Labute approximate surface area is 165 Å². The molecule has 3 aromatic rings. The Morgan fingerprint density at radius 1 is 0.929 bits per heavy atom. The highest BCUT2D eigenvalue weighted by atomic mass is 16.1. The number of carbonyl (C=O) groups is 1. The van der Waals surface area contributed by atoms with Crippen LogP contribution in [-0.2, 0) is 4.79 Å². The molecule has 3 rings (SSSR count). The lowest BCUT2D eigenvalue weighted by atomic mass is 10.2. The summed E-state index contributed by atoms with van der Waals surface area (Å²) in [5.74, 6) is 2.15. The molecule has 6 nitrogen and oxygen atoms in total. The van der Waals surface area contributed by atoms with Crippen molar-refractivity contribution in [3.63, 3.8) is 0 Å². The molecule has 2 aromatic carbocycles. The van der Waals surface area contributed by atoms with E-state index >= 15 is 0 Å². The van der Waals surface area contributed by atoms with E-state index in [1.165, 1.54) is 6.92 Å². The van der Waals surface area contributed by atoms with Crippen LogP contribution in [0.2, 0.25) is 0 Å². The number of hydrogen-bond donors (Lipinski definition) is 2. The summed E-state index contributed by atoms with van der Waals surface area (Å²) >= 11 is 0. The quantitative estimate of drug-likeness (QED) is 0.627. The predicted molar refractivity (Wildman–Crippen MR) is 115 cm³/mol. The topological polar surface area (TPSA) is 70.2 Å². The van der Waals surface area contributed by atoms with Crippen LogP contribution in [0.25, 0.3) is 11.4 Å². The number of aromatic nitrogens is 2. The Kier molecular flexibility index (Phi) is 6.22. The second-order valence-corrected chi connectivity index (χ2v) is 6.36. The van der Waals surface area contributed by atoms with Gasteiger partial charge in [-0.1, -0.05) is 36.4 Å². The van der Waals surface area contributed by atoms with Gasteiger partial charge in [0, 0.05) is 43.0 Å². The molecular weight excluding hydrogens is 350 g/mol. The van der Waals surface area contributed by atoms with Gasteiger partial charge in [-0.2, -0.15) is 0 Å². The van der Waals surface area contributed by atoms with Crippen molar-refractivity contribution in [3.05, 3.63) is 60.7 Å². The van der Waals surface area contributed by atoms with E-state index in [0.29, 0.717) is 11.6 Å². The molecule has 0 fully saturated rings. The van der Waals surface area contributed by atoms with Crippen LogP contribution in [0.4, 0.5) is 23.0 Å². The van der Waals surface area contributed by atoms with Gasteiger partial charge in [-0.3, -0.25) is 4.79 Å². The third kappa shape index (κ3) is 4.85. The van der Waals surface area contributed by atoms with Crippen LogP contribution in [0.15, 0.2) is 60.7 Å². The zero-order valence-corrected chi connectivity index (χ0v) is 16.4. The molecule has 0 spiro atoms. The standard InChI is InChI=1S/C22H25N5O/c1-4-27(5-2)21-15-20(25-22(26-21)17-10-7-6-8-11-17)24-19-13-9-12-18(14-19)23-16(3)28/h6-15H,4-5H2,1-3H3,(H,23,28)(H,24,25,26). The van der Waals surface area contributed by atoms with Gasteiger partial charge in [0.05, 0.1) is 0 Å². The first kappa shape index (κ1) is 19.4. The zero-order valence-electron chi connectivity index (χ0n) is 16.4. The number of carbonyl (C=O) groups excluding carboxylic acids is 1. The third-order valence-electron chi connectivity index (χ3n) is 4.29. The smallest absolute Gasteiger partial charge is 0.221 e. The minimum atomic E-state index is -0.102. The zero-order chi connectivity index (χ0) is 19.9. The molecule has 2 N–H and O–H groups in total. The van der Waals surface area contributed by atoms with Gasteiger partial charge in [0.15, 0.2) is 5.82 Å². The summed E-state index contributed by atoms with van der Waals surface area (Å²) < 4.78 is 0. The number of hydrogen-bond acceptors (Lipinski definition) is 5. The van der Waals surface area contributed by atoms with Crippen molar-refractivity contribution in [3.8, 4) is 11.4 Å². The van der Waals surface area contributed by atoms with Gasteiger partial charge in [-0.05, 0) is 32.0 Å². The van der Waals surface area contributed by atoms with Gasteiger partial charge >= 0.3 is 0 Å². The molecule has 0 aliphatic rings. The van der Waals surface area contributed by atoms with Crippen LogP contribution >= 0.6 is 0 Å². The van der Waals surface area contributed by atoms with E-state index < -0.39 is 0 Å². The minimum absolute atomic E-state index is 0.102. The maximum absolute atomic E-state index is 11.3. The van der Waals surface area contributed by atoms with Gasteiger partial charge in [0.25, 0.3) is 0 Å². The van der Waals surface area contributed by atoms with E-state index in [0.717, 1.165) is 35.8 Å². The minimum Gasteiger partial charge on any atom is -0.357 e. The third-order valence-corrected chi connectivity index (χ3v) is 4.29. The molecule has 0 aliphatic heterocycles. The van der Waals surface area contributed by atoms with Crippen molar-refractivity contribution in [2.75, 3.05) is 28.6 Å². The SMILES string of the molecule is CCN(CC)c1cc(Nc2cccc(NC(C)=O)c2)nc(-c2ccccc2)n1. The predicted octanol–water partition coefficient (Wildman–Crippen LogP) is 4.69. The van der Waals surface area contributed by atoms with E-state index in [9.17, 15) is 4.79 Å². The average Bonchev–Trinajstić information content (AvgIpc) is 2.69. The first-order chi connectivity index (χ1) is 13.6. The van der Waals surface area contributed by atoms with Crippen LogP contribution in [0.5, 0.6) is 0 Å². The second-order valence-electron chi connectivity index (χ2n) is 6.36. The first-order valence-corrected chi connectivity index (χ1v) is 9.43. The van der Waals surface area contributed by atoms with Gasteiger partial charge in [0.2, 0.25) is 5.91 Å². The lowest BCUT2D eigenvalue weighted by molar-refractivity contribution is -0.114. The highest BCUT2D eigenvalue weighted by Gasteiger charge is 2.11. The molecule has 0 radical (unpaired) electrons. The van der Waals surface area contributed by atoms with Crippen molar-refractivity contribution in [1.29, 1.82) is 0 Å². The number of nitrogens with one attached hydrogen (secondary N) is 2. The van der Waals surface area contributed by atoms with E-state index in [4.69, 9.17) is 9.97 Å². The number of nitrogens with zero attached hydrogens (tertiary/aromatic N) is 3. The van der Waals surface area contributed by atoms with E-state index in [1.54, 1.807) is 0 Å². The summed E-state index contributed by atoms with van der Waals surface area (Å²) in [7, 11) is 0. The molecule has 6 heteroatoms. The molecule has 0 saturated heterocycles. The Bertz CT molecular complexity index is 939. The van der Waals surface area contributed by atoms with Gasteiger partial charge < -0.3 is 15.5 Å². The Hall–Kier alpha value is -3.41. The fourth-order valence-electron chi connectivity index (χ4n) is 2.95. The van der Waals surface area contributed by atoms with Crippen LogP contribution < -0.4 is 15.5 Å². The molecule has 28 heavy (non-hydrogen) atoms. The highest BCUT2D eigenvalue weighted by molar-refractivity contribution is 5.89. The van der Waals surface area contributed by atoms with Gasteiger partial charge in [0.1, 0.15) is 11.6 Å². The van der Waals surface area contributed by atoms with E-state index in [2.05, 4.69) is 29.4 Å². The first-order valence-electron chi connectivity index (χ1n) is 9.43. The highest BCUT2D eigenvalue weighted by Crippen LogP contribution is 2.25. The lowest BCUT2D eigenvalue weighted by Crippen LogP contribution is -2.23.